The topological polar surface area (TPSA) is 42.3 Å². The van der Waals surface area contributed by atoms with Gasteiger partial charge in [-0.1, -0.05) is 6.07 Å². The molecular weight excluding hydrogens is 216 g/mol. The van der Waals surface area contributed by atoms with Crippen molar-refractivity contribution in [2.75, 3.05) is 14.1 Å². The van der Waals surface area contributed by atoms with Crippen molar-refractivity contribution in [2.24, 2.45) is 7.05 Å². The minimum atomic E-state index is -0.0410. The highest BCUT2D eigenvalue weighted by atomic mass is 16.2. The van der Waals surface area contributed by atoms with Gasteiger partial charge in [0.25, 0.3) is 5.91 Å². The molecule has 1 aromatic heterocycles. The Hall–Kier alpha value is -2.10. The van der Waals surface area contributed by atoms with E-state index in [-0.39, 0.29) is 5.91 Å². The lowest BCUT2D eigenvalue weighted by atomic mass is 10.1. The van der Waals surface area contributed by atoms with Gasteiger partial charge >= 0.3 is 0 Å². The van der Waals surface area contributed by atoms with Gasteiger partial charge in [-0.25, -0.2) is 0 Å². The van der Waals surface area contributed by atoms with Crippen LogP contribution in [0.15, 0.2) is 24.3 Å². The number of hydrogen-bond donors (Lipinski definition) is 0. The van der Waals surface area contributed by atoms with Crippen LogP contribution in [0.5, 0.6) is 0 Å². The molecule has 2 rings (SSSR count). The van der Waals surface area contributed by atoms with Crippen molar-refractivity contribution >= 4 is 23.1 Å². The Balaban J connectivity index is 2.61. The van der Waals surface area contributed by atoms with E-state index in [0.29, 0.717) is 11.3 Å². The lowest BCUT2D eigenvalue weighted by Crippen LogP contribution is -2.21. The van der Waals surface area contributed by atoms with E-state index in [1.807, 2.05) is 25.2 Å². The standard InChI is InChI=1S/C13H14N2O2/c1-14(2)13(17)10-5-4-9-6-11(8-16)15(3)12(9)7-10/h4-8H,1-3H3. The fourth-order valence-corrected chi connectivity index (χ4v) is 1.86. The summed E-state index contributed by atoms with van der Waals surface area (Å²) < 4.78 is 1.79. The number of hydrogen-bond acceptors (Lipinski definition) is 2. The van der Waals surface area contributed by atoms with Gasteiger partial charge in [0.2, 0.25) is 0 Å². The molecule has 0 aliphatic carbocycles. The van der Waals surface area contributed by atoms with Crippen LogP contribution in [0, 0.1) is 0 Å². The van der Waals surface area contributed by atoms with Crippen molar-refractivity contribution < 1.29 is 9.59 Å². The van der Waals surface area contributed by atoms with Crippen LogP contribution in [-0.4, -0.2) is 35.8 Å². The van der Waals surface area contributed by atoms with Gasteiger partial charge in [-0.3, -0.25) is 9.59 Å². The number of aryl methyl sites for hydroxylation is 1. The number of benzene rings is 1. The summed E-state index contributed by atoms with van der Waals surface area (Å²) in [7, 11) is 5.25. The van der Waals surface area contributed by atoms with Gasteiger partial charge in [0.05, 0.1) is 5.69 Å². The quantitative estimate of drug-likeness (QED) is 0.737. The van der Waals surface area contributed by atoms with E-state index in [0.717, 1.165) is 17.2 Å². The molecule has 1 heterocycles. The second-order valence-electron chi connectivity index (χ2n) is 4.22. The van der Waals surface area contributed by atoms with Gasteiger partial charge in [0, 0.05) is 37.6 Å². The predicted molar refractivity (Wildman–Crippen MR) is 66.3 cm³/mol. The highest BCUT2D eigenvalue weighted by molar-refractivity contribution is 5.99. The van der Waals surface area contributed by atoms with Crippen LogP contribution < -0.4 is 0 Å². The number of carbonyl (C=O) groups is 2. The number of amides is 1. The Morgan fingerprint density at radius 2 is 2.00 bits per heavy atom. The number of nitrogens with zero attached hydrogens (tertiary/aromatic N) is 2. The summed E-state index contributed by atoms with van der Waals surface area (Å²) >= 11 is 0. The minimum absolute atomic E-state index is 0.0410. The van der Waals surface area contributed by atoms with Crippen LogP contribution in [0.2, 0.25) is 0 Å². The second kappa shape index (κ2) is 4.05. The lowest BCUT2D eigenvalue weighted by molar-refractivity contribution is 0.0827. The molecule has 0 fully saturated rings. The summed E-state index contributed by atoms with van der Waals surface area (Å²) in [5.41, 5.74) is 2.12. The molecule has 0 saturated carbocycles. The molecule has 1 amide bonds. The number of carbonyl (C=O) groups excluding carboxylic acids is 2. The van der Waals surface area contributed by atoms with Crippen molar-refractivity contribution in [1.29, 1.82) is 0 Å². The van der Waals surface area contributed by atoms with E-state index in [1.165, 1.54) is 4.90 Å². The molecule has 2 aromatic rings. The third kappa shape index (κ3) is 1.82. The Kier molecular flexibility index (Phi) is 2.71. The molecule has 88 valence electrons. The highest BCUT2D eigenvalue weighted by Crippen LogP contribution is 2.19. The van der Waals surface area contributed by atoms with E-state index in [4.69, 9.17) is 0 Å². The number of aldehydes is 1. The fourth-order valence-electron chi connectivity index (χ4n) is 1.86. The number of aromatic nitrogens is 1. The molecule has 0 aliphatic heterocycles. The second-order valence-corrected chi connectivity index (χ2v) is 4.22. The smallest absolute Gasteiger partial charge is 0.253 e. The maximum Gasteiger partial charge on any atom is 0.253 e. The van der Waals surface area contributed by atoms with E-state index < -0.39 is 0 Å². The maximum absolute atomic E-state index is 11.8. The zero-order valence-corrected chi connectivity index (χ0v) is 10.1. The van der Waals surface area contributed by atoms with Crippen molar-refractivity contribution in [3.63, 3.8) is 0 Å². The molecule has 0 bridgehead atoms. The van der Waals surface area contributed by atoms with E-state index in [9.17, 15) is 9.59 Å². The SMILES string of the molecule is CN(C)C(=O)c1ccc2cc(C=O)n(C)c2c1. The first-order valence-electron chi connectivity index (χ1n) is 5.31. The Labute approximate surface area is 99.4 Å². The van der Waals surface area contributed by atoms with E-state index >= 15 is 0 Å². The van der Waals surface area contributed by atoms with Gasteiger partial charge in [-0.05, 0) is 18.2 Å². The average Bonchev–Trinajstić information content (AvgIpc) is 2.64. The molecule has 0 unspecified atom stereocenters. The predicted octanol–water partition coefficient (Wildman–Crippen LogP) is 1.69. The van der Waals surface area contributed by atoms with Gasteiger partial charge in [-0.15, -0.1) is 0 Å². The van der Waals surface area contributed by atoms with Gasteiger partial charge < -0.3 is 9.47 Å². The molecule has 0 saturated heterocycles. The molecule has 0 N–H and O–H groups in total. The average molecular weight is 230 g/mol. The molecule has 4 heteroatoms. The molecule has 0 atom stereocenters. The summed E-state index contributed by atoms with van der Waals surface area (Å²) in [6, 6.07) is 7.26. The summed E-state index contributed by atoms with van der Waals surface area (Å²) in [5.74, 6) is -0.0410. The molecule has 17 heavy (non-hydrogen) atoms. The summed E-state index contributed by atoms with van der Waals surface area (Å²) in [4.78, 5) is 24.2. The Morgan fingerprint density at radius 3 is 2.59 bits per heavy atom. The van der Waals surface area contributed by atoms with Gasteiger partial charge in [0.1, 0.15) is 0 Å². The molecule has 0 radical (unpaired) electrons. The third-order valence-corrected chi connectivity index (χ3v) is 2.86. The first-order valence-corrected chi connectivity index (χ1v) is 5.31. The molecule has 4 nitrogen and oxygen atoms in total. The zero-order chi connectivity index (χ0) is 12.6. The molecule has 0 spiro atoms. The number of fused-ring (bicyclic) bond motifs is 1. The Bertz CT molecular complexity index is 597. The van der Waals surface area contributed by atoms with Crippen LogP contribution in [0.4, 0.5) is 0 Å². The maximum atomic E-state index is 11.8. The fraction of sp³-hybridized carbons (Fsp3) is 0.231. The lowest BCUT2D eigenvalue weighted by Gasteiger charge is -2.10. The van der Waals surface area contributed by atoms with Crippen LogP contribution in [-0.2, 0) is 7.05 Å². The van der Waals surface area contributed by atoms with E-state index in [2.05, 4.69) is 0 Å². The first kappa shape index (κ1) is 11.4. The largest absolute Gasteiger partial charge is 0.345 e. The Morgan fingerprint density at radius 1 is 1.29 bits per heavy atom. The van der Waals surface area contributed by atoms with Crippen molar-refractivity contribution in [1.82, 2.24) is 9.47 Å². The summed E-state index contributed by atoms with van der Waals surface area (Å²) in [6.07, 6.45) is 0.813. The molecule has 0 aliphatic rings. The van der Waals surface area contributed by atoms with Crippen LogP contribution in [0.3, 0.4) is 0 Å². The van der Waals surface area contributed by atoms with Gasteiger partial charge in [-0.2, -0.15) is 0 Å². The first-order chi connectivity index (χ1) is 8.04. The molecular formula is C13H14N2O2. The summed E-state index contributed by atoms with van der Waals surface area (Å²) in [5, 5.41) is 0.963. The highest BCUT2D eigenvalue weighted by Gasteiger charge is 2.11. The summed E-state index contributed by atoms with van der Waals surface area (Å²) in [6.45, 7) is 0. The normalized spacial score (nSPS) is 10.5. The minimum Gasteiger partial charge on any atom is -0.345 e. The zero-order valence-electron chi connectivity index (χ0n) is 10.1. The van der Waals surface area contributed by atoms with Gasteiger partial charge in [0.15, 0.2) is 6.29 Å². The third-order valence-electron chi connectivity index (χ3n) is 2.86. The van der Waals surface area contributed by atoms with Crippen LogP contribution in [0.1, 0.15) is 20.8 Å². The van der Waals surface area contributed by atoms with E-state index in [1.54, 1.807) is 24.7 Å². The van der Waals surface area contributed by atoms with Crippen molar-refractivity contribution in [3.8, 4) is 0 Å². The van der Waals surface area contributed by atoms with Crippen molar-refractivity contribution in [2.45, 2.75) is 0 Å². The van der Waals surface area contributed by atoms with Crippen LogP contribution >= 0.6 is 0 Å². The van der Waals surface area contributed by atoms with Crippen molar-refractivity contribution in [3.05, 3.63) is 35.5 Å². The van der Waals surface area contributed by atoms with Crippen LogP contribution in [0.25, 0.3) is 10.9 Å². The monoisotopic (exact) mass is 230 g/mol. The molecule has 1 aromatic carbocycles. The number of rotatable bonds is 2.